The number of rotatable bonds is 1. The number of hydrogen-bond donors (Lipinski definition) is 1. The molecule has 15 heavy (non-hydrogen) atoms. The lowest BCUT2D eigenvalue weighted by atomic mass is 9.74. The van der Waals surface area contributed by atoms with Crippen molar-refractivity contribution in [3.8, 4) is 0 Å². The van der Waals surface area contributed by atoms with Crippen LogP contribution in [0.1, 0.15) is 11.1 Å². The van der Waals surface area contributed by atoms with Gasteiger partial charge in [0.05, 0.1) is 0 Å². The molecule has 3 rings (SSSR count). The van der Waals surface area contributed by atoms with Gasteiger partial charge >= 0.3 is 0 Å². The number of hydrogen-bond acceptors (Lipinski definition) is 2. The van der Waals surface area contributed by atoms with Gasteiger partial charge in [0.2, 0.25) is 0 Å². The third-order valence-electron chi connectivity index (χ3n) is 3.40. The maximum absolute atomic E-state index is 5.91. The second-order valence-electron chi connectivity index (χ2n) is 4.38. The Morgan fingerprint density at radius 3 is 3.07 bits per heavy atom. The molecule has 0 radical (unpaired) electrons. The molecule has 0 unspecified atom stereocenters. The van der Waals surface area contributed by atoms with E-state index in [4.69, 9.17) is 11.6 Å². The number of halogens is 1. The molecule has 1 aliphatic heterocycles. The zero-order valence-electron chi connectivity index (χ0n) is 8.63. The van der Waals surface area contributed by atoms with Gasteiger partial charge in [-0.15, -0.1) is 0 Å². The molecule has 1 aromatic rings. The lowest BCUT2D eigenvalue weighted by Gasteiger charge is -2.29. The normalized spacial score (nSPS) is 28.3. The maximum Gasteiger partial charge on any atom is 0.131 e. The quantitative estimate of drug-likeness (QED) is 0.735. The Balaban J connectivity index is 1.94. The number of nitrogens with zero attached hydrogens (tertiary/aromatic N) is 1. The van der Waals surface area contributed by atoms with E-state index in [2.05, 4.69) is 22.4 Å². The van der Waals surface area contributed by atoms with Crippen LogP contribution in [0.4, 0.5) is 0 Å². The SMILES string of the molecule is Cc1cc(C2=C[C@H]3CNC[C@@H]23)cnc1Cl. The molecule has 1 aliphatic carbocycles. The van der Waals surface area contributed by atoms with E-state index in [0.29, 0.717) is 11.1 Å². The van der Waals surface area contributed by atoms with Crippen molar-refractivity contribution < 1.29 is 0 Å². The number of aryl methyl sites for hydroxylation is 1. The Labute approximate surface area is 94.4 Å². The Bertz CT molecular complexity index is 439. The predicted molar refractivity (Wildman–Crippen MR) is 61.8 cm³/mol. The first-order chi connectivity index (χ1) is 7.25. The predicted octanol–water partition coefficient (Wildman–Crippen LogP) is 2.28. The van der Waals surface area contributed by atoms with Crippen molar-refractivity contribution in [3.05, 3.63) is 34.6 Å². The summed E-state index contributed by atoms with van der Waals surface area (Å²) >= 11 is 5.91. The fourth-order valence-electron chi connectivity index (χ4n) is 2.48. The third kappa shape index (κ3) is 1.40. The largest absolute Gasteiger partial charge is 0.315 e. The summed E-state index contributed by atoms with van der Waals surface area (Å²) in [6.07, 6.45) is 4.24. The second kappa shape index (κ2) is 3.32. The van der Waals surface area contributed by atoms with E-state index >= 15 is 0 Å². The summed E-state index contributed by atoms with van der Waals surface area (Å²) in [4.78, 5) is 4.20. The van der Waals surface area contributed by atoms with Gasteiger partial charge in [-0.25, -0.2) is 4.98 Å². The first kappa shape index (κ1) is 9.37. The minimum absolute atomic E-state index is 0.611. The molecule has 2 heterocycles. The van der Waals surface area contributed by atoms with Crippen LogP contribution in [0.25, 0.3) is 5.57 Å². The summed E-state index contributed by atoms with van der Waals surface area (Å²) in [7, 11) is 0. The Morgan fingerprint density at radius 1 is 1.47 bits per heavy atom. The van der Waals surface area contributed by atoms with E-state index in [9.17, 15) is 0 Å². The summed E-state index contributed by atoms with van der Waals surface area (Å²) in [5, 5.41) is 4.02. The van der Waals surface area contributed by atoms with Gasteiger partial charge in [0.25, 0.3) is 0 Å². The van der Waals surface area contributed by atoms with Crippen LogP contribution in [0.3, 0.4) is 0 Å². The van der Waals surface area contributed by atoms with Crippen molar-refractivity contribution in [1.82, 2.24) is 10.3 Å². The molecule has 0 spiro atoms. The Kier molecular flexibility index (Phi) is 2.08. The average molecular weight is 221 g/mol. The van der Waals surface area contributed by atoms with Crippen molar-refractivity contribution in [2.24, 2.45) is 11.8 Å². The van der Waals surface area contributed by atoms with Gasteiger partial charge in [-0.3, -0.25) is 0 Å². The van der Waals surface area contributed by atoms with E-state index in [1.54, 1.807) is 0 Å². The van der Waals surface area contributed by atoms with Crippen LogP contribution in [0.15, 0.2) is 18.3 Å². The molecule has 1 aromatic heterocycles. The highest BCUT2D eigenvalue weighted by Gasteiger charge is 2.36. The van der Waals surface area contributed by atoms with Gasteiger partial charge in [-0.1, -0.05) is 17.7 Å². The summed E-state index contributed by atoms with van der Waals surface area (Å²) < 4.78 is 0. The average Bonchev–Trinajstić information content (AvgIpc) is 2.54. The van der Waals surface area contributed by atoms with Crippen molar-refractivity contribution >= 4 is 17.2 Å². The summed E-state index contributed by atoms with van der Waals surface area (Å²) in [5.74, 6) is 1.45. The first-order valence-corrected chi connectivity index (χ1v) is 5.68. The third-order valence-corrected chi connectivity index (χ3v) is 3.80. The van der Waals surface area contributed by atoms with Crippen LogP contribution < -0.4 is 5.32 Å². The van der Waals surface area contributed by atoms with Crippen LogP contribution in [-0.2, 0) is 0 Å². The summed E-state index contributed by atoms with van der Waals surface area (Å²) in [6, 6.07) is 2.13. The number of aromatic nitrogens is 1. The standard InChI is InChI=1S/C12H13ClN2/c1-7-2-8(5-15-12(7)13)10-3-9-4-14-6-11(9)10/h2-3,5,9,11,14H,4,6H2,1H3/t9-,11+/m0/s1. The molecule has 2 aliphatic rings. The molecule has 78 valence electrons. The van der Waals surface area contributed by atoms with Gasteiger partial charge in [0.1, 0.15) is 5.15 Å². The van der Waals surface area contributed by atoms with Gasteiger partial charge in [-0.2, -0.15) is 0 Å². The molecule has 0 amide bonds. The number of pyridine rings is 1. The van der Waals surface area contributed by atoms with Crippen molar-refractivity contribution in [1.29, 1.82) is 0 Å². The molecule has 1 N–H and O–H groups in total. The molecule has 3 heteroatoms. The first-order valence-electron chi connectivity index (χ1n) is 5.30. The van der Waals surface area contributed by atoms with Gasteiger partial charge in [0, 0.05) is 25.2 Å². The molecule has 0 aromatic carbocycles. The molecular formula is C12H13ClN2. The van der Waals surface area contributed by atoms with E-state index in [0.717, 1.165) is 24.6 Å². The van der Waals surface area contributed by atoms with E-state index in [-0.39, 0.29) is 0 Å². The molecule has 1 fully saturated rings. The highest BCUT2D eigenvalue weighted by atomic mass is 35.5. The van der Waals surface area contributed by atoms with E-state index in [1.807, 2.05) is 13.1 Å². The number of fused-ring (bicyclic) bond motifs is 1. The monoisotopic (exact) mass is 220 g/mol. The zero-order chi connectivity index (χ0) is 10.4. The number of nitrogens with one attached hydrogen (secondary N) is 1. The van der Waals surface area contributed by atoms with Crippen LogP contribution in [0.5, 0.6) is 0 Å². The Morgan fingerprint density at radius 2 is 2.33 bits per heavy atom. The fourth-order valence-corrected chi connectivity index (χ4v) is 2.58. The van der Waals surface area contributed by atoms with E-state index in [1.165, 1.54) is 11.1 Å². The summed E-state index contributed by atoms with van der Waals surface area (Å²) in [5.41, 5.74) is 3.74. The second-order valence-corrected chi connectivity index (χ2v) is 4.74. The minimum atomic E-state index is 0.611. The van der Waals surface area contributed by atoms with Gasteiger partial charge < -0.3 is 5.32 Å². The molecule has 0 bridgehead atoms. The minimum Gasteiger partial charge on any atom is -0.315 e. The molecule has 1 saturated heterocycles. The van der Waals surface area contributed by atoms with Gasteiger partial charge in [-0.05, 0) is 35.6 Å². The Hall–Kier alpha value is -0.860. The van der Waals surface area contributed by atoms with Crippen molar-refractivity contribution in [2.45, 2.75) is 6.92 Å². The molecule has 2 atom stereocenters. The maximum atomic E-state index is 5.91. The van der Waals surface area contributed by atoms with Gasteiger partial charge in [0.15, 0.2) is 0 Å². The van der Waals surface area contributed by atoms with Crippen LogP contribution >= 0.6 is 11.6 Å². The van der Waals surface area contributed by atoms with Crippen LogP contribution in [0, 0.1) is 18.8 Å². The lowest BCUT2D eigenvalue weighted by molar-refractivity contribution is 0.564. The van der Waals surface area contributed by atoms with Crippen molar-refractivity contribution in [2.75, 3.05) is 13.1 Å². The fraction of sp³-hybridized carbons (Fsp3) is 0.417. The highest BCUT2D eigenvalue weighted by Crippen LogP contribution is 2.42. The van der Waals surface area contributed by atoms with Crippen LogP contribution in [-0.4, -0.2) is 18.1 Å². The lowest BCUT2D eigenvalue weighted by Crippen LogP contribution is -2.22. The van der Waals surface area contributed by atoms with Crippen molar-refractivity contribution in [3.63, 3.8) is 0 Å². The molecule has 0 saturated carbocycles. The topological polar surface area (TPSA) is 24.9 Å². The van der Waals surface area contributed by atoms with E-state index < -0.39 is 0 Å². The summed E-state index contributed by atoms with van der Waals surface area (Å²) in [6.45, 7) is 4.24. The zero-order valence-corrected chi connectivity index (χ0v) is 9.38. The smallest absolute Gasteiger partial charge is 0.131 e. The molecule has 2 nitrogen and oxygen atoms in total. The molecular weight excluding hydrogens is 208 g/mol. The van der Waals surface area contributed by atoms with Crippen LogP contribution in [0.2, 0.25) is 5.15 Å². The highest BCUT2D eigenvalue weighted by molar-refractivity contribution is 6.30.